The van der Waals surface area contributed by atoms with E-state index < -0.39 is 0 Å². The SMILES string of the molecule is O=C(NC1(c2ccccc2)CCCCC1)C1CC1. The quantitative estimate of drug-likeness (QED) is 0.866. The van der Waals surface area contributed by atoms with Crippen LogP contribution in [0.4, 0.5) is 0 Å². The molecule has 0 atom stereocenters. The minimum Gasteiger partial charge on any atom is -0.346 e. The molecule has 0 bridgehead atoms. The maximum Gasteiger partial charge on any atom is 0.223 e. The van der Waals surface area contributed by atoms with E-state index in [-0.39, 0.29) is 11.4 Å². The molecular formula is C16H21NO. The molecule has 2 aliphatic carbocycles. The van der Waals surface area contributed by atoms with Crippen molar-refractivity contribution in [2.75, 3.05) is 0 Å². The smallest absolute Gasteiger partial charge is 0.223 e. The molecule has 0 heterocycles. The van der Waals surface area contributed by atoms with Gasteiger partial charge in [0.05, 0.1) is 5.54 Å². The molecule has 0 spiro atoms. The summed E-state index contributed by atoms with van der Waals surface area (Å²) in [5, 5.41) is 3.37. The highest BCUT2D eigenvalue weighted by Gasteiger charge is 2.39. The molecule has 1 N–H and O–H groups in total. The lowest BCUT2D eigenvalue weighted by Crippen LogP contribution is -2.47. The average molecular weight is 243 g/mol. The Morgan fingerprint density at radius 2 is 1.72 bits per heavy atom. The molecule has 1 aromatic rings. The first kappa shape index (κ1) is 11.8. The van der Waals surface area contributed by atoms with E-state index in [1.54, 1.807) is 0 Å². The number of nitrogens with one attached hydrogen (secondary N) is 1. The Balaban J connectivity index is 1.85. The first-order valence-corrected chi connectivity index (χ1v) is 7.18. The van der Waals surface area contributed by atoms with E-state index in [1.807, 2.05) is 6.07 Å². The summed E-state index contributed by atoms with van der Waals surface area (Å²) in [6.07, 6.45) is 8.09. The van der Waals surface area contributed by atoms with Crippen LogP contribution in [0.15, 0.2) is 30.3 Å². The lowest BCUT2D eigenvalue weighted by Gasteiger charge is -2.39. The summed E-state index contributed by atoms with van der Waals surface area (Å²) in [6, 6.07) is 10.5. The van der Waals surface area contributed by atoms with Gasteiger partial charge in [0, 0.05) is 5.92 Å². The first-order valence-electron chi connectivity index (χ1n) is 7.18. The summed E-state index contributed by atoms with van der Waals surface area (Å²) in [7, 11) is 0. The Morgan fingerprint density at radius 1 is 1.06 bits per heavy atom. The minimum absolute atomic E-state index is 0.0841. The standard InChI is InChI=1S/C16H21NO/c18-15(13-9-10-13)17-16(11-5-2-6-12-16)14-7-3-1-4-8-14/h1,3-4,7-8,13H,2,5-6,9-12H2,(H,17,18). The van der Waals surface area contributed by atoms with Gasteiger partial charge >= 0.3 is 0 Å². The fourth-order valence-corrected chi connectivity index (χ4v) is 3.08. The lowest BCUT2D eigenvalue weighted by atomic mass is 9.76. The van der Waals surface area contributed by atoms with E-state index in [2.05, 4.69) is 29.6 Å². The fourth-order valence-electron chi connectivity index (χ4n) is 3.08. The molecular weight excluding hydrogens is 222 g/mol. The molecule has 0 unspecified atom stereocenters. The number of hydrogen-bond acceptors (Lipinski definition) is 1. The molecule has 1 amide bonds. The molecule has 0 aliphatic heterocycles. The molecule has 0 radical (unpaired) electrons. The van der Waals surface area contributed by atoms with E-state index in [1.165, 1.54) is 24.8 Å². The third kappa shape index (κ3) is 2.29. The zero-order valence-electron chi connectivity index (χ0n) is 10.8. The van der Waals surface area contributed by atoms with E-state index in [0.29, 0.717) is 5.92 Å². The average Bonchev–Trinajstić information content (AvgIpc) is 3.25. The fraction of sp³-hybridized carbons (Fsp3) is 0.562. The summed E-state index contributed by atoms with van der Waals surface area (Å²) >= 11 is 0. The van der Waals surface area contributed by atoms with Crippen molar-refractivity contribution in [2.45, 2.75) is 50.5 Å². The lowest BCUT2D eigenvalue weighted by molar-refractivity contribution is -0.124. The van der Waals surface area contributed by atoms with Gasteiger partial charge in [0.1, 0.15) is 0 Å². The maximum atomic E-state index is 12.1. The summed E-state index contributed by atoms with van der Waals surface area (Å²) in [6.45, 7) is 0. The monoisotopic (exact) mass is 243 g/mol. The van der Waals surface area contributed by atoms with Gasteiger partial charge in [-0.05, 0) is 31.2 Å². The van der Waals surface area contributed by atoms with Crippen LogP contribution in [0.2, 0.25) is 0 Å². The van der Waals surface area contributed by atoms with Crippen molar-refractivity contribution in [1.82, 2.24) is 5.32 Å². The molecule has 2 fully saturated rings. The Kier molecular flexibility index (Phi) is 3.11. The predicted octanol–water partition coefficient (Wildman–Crippen LogP) is 3.37. The Bertz CT molecular complexity index is 416. The normalized spacial score (nSPS) is 22.4. The van der Waals surface area contributed by atoms with Gasteiger partial charge in [0.2, 0.25) is 5.91 Å². The van der Waals surface area contributed by atoms with Crippen molar-refractivity contribution in [3.8, 4) is 0 Å². The number of carbonyl (C=O) groups excluding carboxylic acids is 1. The largest absolute Gasteiger partial charge is 0.346 e. The van der Waals surface area contributed by atoms with E-state index in [0.717, 1.165) is 25.7 Å². The third-order valence-corrected chi connectivity index (χ3v) is 4.34. The summed E-state index contributed by atoms with van der Waals surface area (Å²) in [5.41, 5.74) is 1.21. The molecule has 1 aromatic carbocycles. The van der Waals surface area contributed by atoms with Gasteiger partial charge in [-0.2, -0.15) is 0 Å². The van der Waals surface area contributed by atoms with Crippen molar-refractivity contribution in [3.05, 3.63) is 35.9 Å². The molecule has 2 nitrogen and oxygen atoms in total. The topological polar surface area (TPSA) is 29.1 Å². The molecule has 2 aliphatic rings. The van der Waals surface area contributed by atoms with Gasteiger partial charge in [0.15, 0.2) is 0 Å². The molecule has 0 aromatic heterocycles. The van der Waals surface area contributed by atoms with E-state index in [9.17, 15) is 4.79 Å². The van der Waals surface area contributed by atoms with Gasteiger partial charge in [-0.15, -0.1) is 0 Å². The minimum atomic E-state index is -0.0841. The van der Waals surface area contributed by atoms with Crippen LogP contribution in [0.5, 0.6) is 0 Å². The van der Waals surface area contributed by atoms with Crippen LogP contribution in [-0.2, 0) is 10.3 Å². The predicted molar refractivity (Wildman–Crippen MR) is 72.1 cm³/mol. The zero-order chi connectivity index (χ0) is 12.4. The van der Waals surface area contributed by atoms with Crippen molar-refractivity contribution >= 4 is 5.91 Å². The van der Waals surface area contributed by atoms with Gasteiger partial charge in [-0.3, -0.25) is 4.79 Å². The number of hydrogen-bond donors (Lipinski definition) is 1. The summed E-state index contributed by atoms with van der Waals surface area (Å²) in [5.74, 6) is 0.577. The Morgan fingerprint density at radius 3 is 2.33 bits per heavy atom. The van der Waals surface area contributed by atoms with Gasteiger partial charge < -0.3 is 5.32 Å². The molecule has 3 rings (SSSR count). The van der Waals surface area contributed by atoms with Crippen molar-refractivity contribution < 1.29 is 4.79 Å². The van der Waals surface area contributed by atoms with Crippen LogP contribution >= 0.6 is 0 Å². The highest BCUT2D eigenvalue weighted by molar-refractivity contribution is 5.81. The summed E-state index contributed by atoms with van der Waals surface area (Å²) < 4.78 is 0. The van der Waals surface area contributed by atoms with Crippen LogP contribution in [0.3, 0.4) is 0 Å². The second kappa shape index (κ2) is 4.75. The number of carbonyl (C=O) groups is 1. The molecule has 2 heteroatoms. The molecule has 2 saturated carbocycles. The summed E-state index contributed by atoms with van der Waals surface area (Å²) in [4.78, 5) is 12.1. The number of rotatable bonds is 3. The van der Waals surface area contributed by atoms with Crippen molar-refractivity contribution in [1.29, 1.82) is 0 Å². The van der Waals surface area contributed by atoms with Gasteiger partial charge in [-0.25, -0.2) is 0 Å². The maximum absolute atomic E-state index is 12.1. The van der Waals surface area contributed by atoms with Crippen LogP contribution in [0.1, 0.15) is 50.5 Å². The Hall–Kier alpha value is -1.31. The third-order valence-electron chi connectivity index (χ3n) is 4.34. The molecule has 0 saturated heterocycles. The number of benzene rings is 1. The van der Waals surface area contributed by atoms with Crippen LogP contribution in [0.25, 0.3) is 0 Å². The Labute approximate surface area is 109 Å². The highest BCUT2D eigenvalue weighted by atomic mass is 16.2. The number of amides is 1. The zero-order valence-corrected chi connectivity index (χ0v) is 10.8. The molecule has 96 valence electrons. The molecule has 18 heavy (non-hydrogen) atoms. The van der Waals surface area contributed by atoms with Gasteiger partial charge in [0.25, 0.3) is 0 Å². The second-order valence-corrected chi connectivity index (χ2v) is 5.77. The van der Waals surface area contributed by atoms with Crippen LogP contribution in [0, 0.1) is 5.92 Å². The van der Waals surface area contributed by atoms with Crippen molar-refractivity contribution in [2.24, 2.45) is 5.92 Å². The highest BCUT2D eigenvalue weighted by Crippen LogP contribution is 2.39. The second-order valence-electron chi connectivity index (χ2n) is 5.77. The van der Waals surface area contributed by atoms with Crippen LogP contribution in [-0.4, -0.2) is 5.91 Å². The first-order chi connectivity index (χ1) is 8.80. The van der Waals surface area contributed by atoms with Crippen LogP contribution < -0.4 is 5.32 Å². The van der Waals surface area contributed by atoms with Gasteiger partial charge in [-0.1, -0.05) is 49.6 Å². The van der Waals surface area contributed by atoms with E-state index in [4.69, 9.17) is 0 Å². The van der Waals surface area contributed by atoms with E-state index >= 15 is 0 Å². The van der Waals surface area contributed by atoms with Crippen molar-refractivity contribution in [3.63, 3.8) is 0 Å².